The number of aromatic amines is 1. The van der Waals surface area contributed by atoms with E-state index in [-0.39, 0.29) is 12.2 Å². The van der Waals surface area contributed by atoms with Crippen LogP contribution in [-0.4, -0.2) is 51.9 Å². The predicted molar refractivity (Wildman–Crippen MR) is 165 cm³/mol. The van der Waals surface area contributed by atoms with Crippen molar-refractivity contribution in [1.82, 2.24) is 14.5 Å². The van der Waals surface area contributed by atoms with Gasteiger partial charge in [-0.25, -0.2) is 0 Å². The highest BCUT2D eigenvalue weighted by atomic mass is 16.5. The molecule has 41 heavy (non-hydrogen) atoms. The van der Waals surface area contributed by atoms with Crippen molar-refractivity contribution in [2.24, 2.45) is 0 Å². The number of likely N-dealkylation sites (tertiary alicyclic amines) is 1. The zero-order valence-corrected chi connectivity index (χ0v) is 23.1. The van der Waals surface area contributed by atoms with Crippen molar-refractivity contribution < 1.29 is 9.84 Å². The SMILES string of the molecule is C=c1[nH]c(=Cc2ccccc2OC[C@@H](O)CN2CCC(c3ccc4ccccc4c3)CC2)c(=O)n1-c1ccccc1. The molecule has 0 amide bonds. The van der Waals surface area contributed by atoms with Crippen LogP contribution >= 0.6 is 0 Å². The van der Waals surface area contributed by atoms with Gasteiger partial charge in [-0.15, -0.1) is 0 Å². The van der Waals surface area contributed by atoms with Gasteiger partial charge in [0.2, 0.25) is 0 Å². The van der Waals surface area contributed by atoms with Gasteiger partial charge in [0, 0.05) is 12.1 Å². The van der Waals surface area contributed by atoms with Gasteiger partial charge < -0.3 is 19.7 Å². The molecule has 0 saturated carbocycles. The molecule has 1 aliphatic heterocycles. The molecule has 1 aliphatic rings. The van der Waals surface area contributed by atoms with Gasteiger partial charge in [-0.3, -0.25) is 9.36 Å². The van der Waals surface area contributed by atoms with Crippen LogP contribution in [-0.2, 0) is 0 Å². The molecule has 1 aromatic heterocycles. The van der Waals surface area contributed by atoms with Crippen molar-refractivity contribution >= 4 is 23.4 Å². The van der Waals surface area contributed by atoms with Crippen molar-refractivity contribution in [3.05, 3.63) is 129 Å². The molecule has 0 radical (unpaired) electrons. The topological polar surface area (TPSA) is 70.5 Å². The number of rotatable bonds is 8. The van der Waals surface area contributed by atoms with Crippen LogP contribution in [0.4, 0.5) is 0 Å². The van der Waals surface area contributed by atoms with E-state index in [4.69, 9.17) is 4.74 Å². The first-order valence-corrected chi connectivity index (χ1v) is 14.2. The molecule has 2 N–H and O–H groups in total. The van der Waals surface area contributed by atoms with Gasteiger partial charge >= 0.3 is 0 Å². The fraction of sp³-hybridized carbons (Fsp3) is 0.229. The minimum Gasteiger partial charge on any atom is -0.490 e. The van der Waals surface area contributed by atoms with Gasteiger partial charge in [-0.05, 0) is 72.5 Å². The number of hydrogen-bond donors (Lipinski definition) is 2. The van der Waals surface area contributed by atoms with E-state index in [0.29, 0.717) is 29.0 Å². The van der Waals surface area contributed by atoms with E-state index in [0.717, 1.165) is 37.2 Å². The van der Waals surface area contributed by atoms with E-state index in [2.05, 4.69) is 58.9 Å². The summed E-state index contributed by atoms with van der Waals surface area (Å²) in [5.74, 6) is 1.16. The van der Waals surface area contributed by atoms with Crippen LogP contribution in [0.5, 0.6) is 5.75 Å². The Morgan fingerprint density at radius 2 is 1.63 bits per heavy atom. The minimum absolute atomic E-state index is 0.176. The summed E-state index contributed by atoms with van der Waals surface area (Å²) in [7, 11) is 0. The van der Waals surface area contributed by atoms with E-state index < -0.39 is 6.10 Å². The fourth-order valence-corrected chi connectivity index (χ4v) is 5.79. The number of aliphatic hydroxyl groups excluding tert-OH is 1. The number of imidazole rings is 1. The molecule has 6 rings (SSSR count). The van der Waals surface area contributed by atoms with E-state index in [1.54, 1.807) is 10.6 Å². The Bertz CT molecular complexity index is 1800. The highest BCUT2D eigenvalue weighted by Crippen LogP contribution is 2.30. The molecule has 5 aromatic rings. The van der Waals surface area contributed by atoms with Gasteiger partial charge in [-0.1, -0.05) is 85.4 Å². The molecule has 0 spiro atoms. The molecule has 1 atom stereocenters. The van der Waals surface area contributed by atoms with E-state index >= 15 is 0 Å². The summed E-state index contributed by atoms with van der Waals surface area (Å²) >= 11 is 0. The summed E-state index contributed by atoms with van der Waals surface area (Å²) in [5.41, 5.74) is 3.25. The number of H-pyrrole nitrogens is 1. The lowest BCUT2D eigenvalue weighted by molar-refractivity contribution is 0.0594. The van der Waals surface area contributed by atoms with Crippen LogP contribution in [0.1, 0.15) is 29.9 Å². The number of nitrogens with one attached hydrogen (secondary N) is 1. The van der Waals surface area contributed by atoms with E-state index in [1.165, 1.54) is 16.3 Å². The van der Waals surface area contributed by atoms with Crippen molar-refractivity contribution in [1.29, 1.82) is 0 Å². The molecule has 4 aromatic carbocycles. The summed E-state index contributed by atoms with van der Waals surface area (Å²) in [4.78, 5) is 18.6. The molecule has 0 bridgehead atoms. The third-order valence-corrected chi connectivity index (χ3v) is 7.95. The molecule has 0 unspecified atom stereocenters. The van der Waals surface area contributed by atoms with Gasteiger partial charge in [0.15, 0.2) is 0 Å². The number of aromatic nitrogens is 2. The van der Waals surface area contributed by atoms with Crippen LogP contribution < -0.4 is 21.1 Å². The molecule has 1 saturated heterocycles. The molecule has 6 heteroatoms. The first kappa shape index (κ1) is 26.8. The second-order valence-corrected chi connectivity index (χ2v) is 10.8. The molecule has 1 fully saturated rings. The normalized spacial score (nSPS) is 15.8. The Hall–Kier alpha value is -4.39. The van der Waals surface area contributed by atoms with Crippen molar-refractivity contribution in [2.75, 3.05) is 26.2 Å². The molecule has 6 nitrogen and oxygen atoms in total. The number of hydrogen-bond acceptors (Lipinski definition) is 4. The second-order valence-electron chi connectivity index (χ2n) is 10.8. The second kappa shape index (κ2) is 12.0. The number of piperidine rings is 1. The number of ether oxygens (including phenoxy) is 1. The fourth-order valence-electron chi connectivity index (χ4n) is 5.79. The van der Waals surface area contributed by atoms with Crippen LogP contribution in [0.3, 0.4) is 0 Å². The van der Waals surface area contributed by atoms with Crippen molar-refractivity contribution in [2.45, 2.75) is 24.9 Å². The van der Waals surface area contributed by atoms with E-state index in [1.807, 2.05) is 54.6 Å². The van der Waals surface area contributed by atoms with Crippen LogP contribution in [0.25, 0.3) is 29.1 Å². The van der Waals surface area contributed by atoms with E-state index in [9.17, 15) is 9.90 Å². The number of aliphatic hydroxyl groups is 1. The predicted octanol–water partition coefficient (Wildman–Crippen LogP) is 4.18. The average Bonchev–Trinajstić information content (AvgIpc) is 3.29. The molecular formula is C35H35N3O3. The number of β-amino-alcohol motifs (C(OH)–C–C–N with tert-alkyl or cyclic N) is 1. The summed E-state index contributed by atoms with van der Waals surface area (Å²) in [6.45, 7) is 6.66. The molecule has 208 valence electrons. The van der Waals surface area contributed by atoms with Crippen LogP contribution in [0.2, 0.25) is 0 Å². The lowest BCUT2D eigenvalue weighted by Crippen LogP contribution is -2.40. The monoisotopic (exact) mass is 545 g/mol. The standard InChI is InChI=1S/C35H35N3O3/c1-25-36-33(35(40)38(25)31-12-3-2-4-13-31)22-30-11-7-8-14-34(30)41-24-32(39)23-37-19-17-27(18-20-37)29-16-15-26-9-5-6-10-28(26)21-29/h2-16,21-22,27,32,36,39H,1,17-20,23-24H2/t32-/m0/s1. The minimum atomic E-state index is -0.618. The maximum absolute atomic E-state index is 13.1. The summed E-state index contributed by atoms with van der Waals surface area (Å²) in [5, 5.41) is 13.8. The zero-order valence-electron chi connectivity index (χ0n) is 23.1. The molecule has 0 aliphatic carbocycles. The summed E-state index contributed by atoms with van der Waals surface area (Å²) in [6, 6.07) is 32.3. The lowest BCUT2D eigenvalue weighted by atomic mass is 9.88. The maximum atomic E-state index is 13.1. The Kier molecular flexibility index (Phi) is 7.85. The van der Waals surface area contributed by atoms with Gasteiger partial charge in [0.25, 0.3) is 5.56 Å². The van der Waals surface area contributed by atoms with Gasteiger partial charge in [-0.2, -0.15) is 0 Å². The smallest absolute Gasteiger partial charge is 0.280 e. The Balaban J connectivity index is 1.07. The van der Waals surface area contributed by atoms with Crippen LogP contribution in [0.15, 0.2) is 102 Å². The summed E-state index contributed by atoms with van der Waals surface area (Å²) in [6.07, 6.45) is 3.31. The maximum Gasteiger partial charge on any atom is 0.280 e. The number of nitrogens with zero attached hydrogens (tertiary/aromatic N) is 2. The first-order chi connectivity index (χ1) is 20.0. The average molecular weight is 546 g/mol. The Morgan fingerprint density at radius 3 is 2.44 bits per heavy atom. The largest absolute Gasteiger partial charge is 0.490 e. The third kappa shape index (κ3) is 6.04. The highest BCUT2D eigenvalue weighted by Gasteiger charge is 2.22. The summed E-state index contributed by atoms with van der Waals surface area (Å²) < 4.78 is 7.62. The van der Waals surface area contributed by atoms with Crippen LogP contribution in [0, 0.1) is 0 Å². The quantitative estimate of drug-likeness (QED) is 0.307. The third-order valence-electron chi connectivity index (χ3n) is 7.95. The van der Waals surface area contributed by atoms with Crippen molar-refractivity contribution in [3.8, 4) is 11.4 Å². The van der Waals surface area contributed by atoms with Gasteiger partial charge in [0.05, 0.1) is 5.69 Å². The van der Waals surface area contributed by atoms with Crippen molar-refractivity contribution in [3.63, 3.8) is 0 Å². The lowest BCUT2D eigenvalue weighted by Gasteiger charge is -2.33. The number of para-hydroxylation sites is 2. The Labute approximate surface area is 239 Å². The highest BCUT2D eigenvalue weighted by molar-refractivity contribution is 5.83. The number of benzene rings is 4. The number of fused-ring (bicyclic) bond motifs is 1. The molecular weight excluding hydrogens is 510 g/mol. The zero-order chi connectivity index (χ0) is 28.2. The molecule has 2 heterocycles. The first-order valence-electron chi connectivity index (χ1n) is 14.2. The Morgan fingerprint density at radius 1 is 0.927 bits per heavy atom. The van der Waals surface area contributed by atoms with Gasteiger partial charge in [0.1, 0.15) is 29.3 Å².